The van der Waals surface area contributed by atoms with Crippen LogP contribution in [-0.2, 0) is 14.3 Å². The summed E-state index contributed by atoms with van der Waals surface area (Å²) in [6.07, 6.45) is 5.03. The van der Waals surface area contributed by atoms with Crippen LogP contribution in [0, 0.1) is 0 Å². The maximum absolute atomic E-state index is 12.0. The van der Waals surface area contributed by atoms with Gasteiger partial charge in [-0.25, -0.2) is 0 Å². The number of carbonyl (C=O) groups is 1. The summed E-state index contributed by atoms with van der Waals surface area (Å²) < 4.78 is 11.2. The predicted molar refractivity (Wildman–Crippen MR) is 68.2 cm³/mol. The number of rotatable bonds is 4. The topological polar surface area (TPSA) is 64.8 Å². The quantitative estimate of drug-likeness (QED) is 0.796. The van der Waals surface area contributed by atoms with Gasteiger partial charge in [0.15, 0.2) is 0 Å². The number of piperidine rings is 1. The molecule has 0 aromatic heterocycles. The van der Waals surface area contributed by atoms with E-state index in [1.54, 1.807) is 0 Å². The molecule has 0 unspecified atom stereocenters. The summed E-state index contributed by atoms with van der Waals surface area (Å²) in [5.41, 5.74) is 5.45. The minimum Gasteiger partial charge on any atom is -0.381 e. The van der Waals surface area contributed by atoms with E-state index >= 15 is 0 Å². The zero-order valence-electron chi connectivity index (χ0n) is 11.0. The second-order valence-electron chi connectivity index (χ2n) is 5.23. The molecule has 0 aromatic carbocycles. The van der Waals surface area contributed by atoms with Crippen LogP contribution in [-0.4, -0.2) is 55.9 Å². The van der Waals surface area contributed by atoms with Crippen LogP contribution in [0.25, 0.3) is 0 Å². The summed E-state index contributed by atoms with van der Waals surface area (Å²) in [6.45, 7) is 3.73. The lowest BCUT2D eigenvalue weighted by Gasteiger charge is -2.36. The number of carbonyl (C=O) groups excluding carboxylic acids is 1. The highest BCUT2D eigenvalue weighted by Gasteiger charge is 2.33. The summed E-state index contributed by atoms with van der Waals surface area (Å²) >= 11 is 0. The Morgan fingerprint density at radius 2 is 1.89 bits per heavy atom. The van der Waals surface area contributed by atoms with Crippen molar-refractivity contribution in [3.05, 3.63) is 0 Å². The third kappa shape index (κ3) is 3.43. The van der Waals surface area contributed by atoms with E-state index in [4.69, 9.17) is 15.2 Å². The summed E-state index contributed by atoms with van der Waals surface area (Å²) in [4.78, 5) is 13.9. The van der Waals surface area contributed by atoms with E-state index in [1.807, 2.05) is 4.90 Å². The molecule has 5 heteroatoms. The number of amides is 1. The summed E-state index contributed by atoms with van der Waals surface area (Å²) in [5, 5.41) is 0. The SMILES string of the molecule is NCC1(OCC(=O)N2CCCCC2)CCOCC1. The second kappa shape index (κ2) is 6.50. The lowest BCUT2D eigenvalue weighted by atomic mass is 9.94. The summed E-state index contributed by atoms with van der Waals surface area (Å²) in [6, 6.07) is 0. The fourth-order valence-corrected chi connectivity index (χ4v) is 2.60. The van der Waals surface area contributed by atoms with Crippen molar-refractivity contribution in [2.45, 2.75) is 37.7 Å². The predicted octanol–water partition coefficient (Wildman–Crippen LogP) is 0.523. The molecule has 2 rings (SSSR count). The Kier molecular flexibility index (Phi) is 4.97. The zero-order chi connectivity index (χ0) is 12.8. The van der Waals surface area contributed by atoms with Crippen LogP contribution in [0.4, 0.5) is 0 Å². The Morgan fingerprint density at radius 1 is 1.22 bits per heavy atom. The Labute approximate surface area is 109 Å². The highest BCUT2D eigenvalue weighted by molar-refractivity contribution is 5.77. The van der Waals surface area contributed by atoms with Gasteiger partial charge in [0.1, 0.15) is 6.61 Å². The highest BCUT2D eigenvalue weighted by atomic mass is 16.5. The van der Waals surface area contributed by atoms with Crippen LogP contribution in [0.2, 0.25) is 0 Å². The standard InChI is InChI=1S/C13H24N2O3/c14-11-13(4-8-17-9-5-13)18-10-12(16)15-6-2-1-3-7-15/h1-11,14H2. The van der Waals surface area contributed by atoms with Crippen molar-refractivity contribution >= 4 is 5.91 Å². The molecule has 1 amide bonds. The second-order valence-corrected chi connectivity index (χ2v) is 5.23. The molecule has 0 bridgehead atoms. The Hall–Kier alpha value is -0.650. The molecule has 2 N–H and O–H groups in total. The number of hydrogen-bond donors (Lipinski definition) is 1. The van der Waals surface area contributed by atoms with Crippen LogP contribution in [0.15, 0.2) is 0 Å². The van der Waals surface area contributed by atoms with Crippen molar-refractivity contribution in [3.8, 4) is 0 Å². The van der Waals surface area contributed by atoms with Crippen LogP contribution < -0.4 is 5.73 Å². The molecule has 0 aliphatic carbocycles. The van der Waals surface area contributed by atoms with Gasteiger partial charge in [0, 0.05) is 45.7 Å². The lowest BCUT2D eigenvalue weighted by Crippen LogP contribution is -2.48. The number of nitrogens with zero attached hydrogens (tertiary/aromatic N) is 1. The minimum atomic E-state index is -0.344. The van der Waals surface area contributed by atoms with E-state index in [2.05, 4.69) is 0 Å². The fraction of sp³-hybridized carbons (Fsp3) is 0.923. The largest absolute Gasteiger partial charge is 0.381 e. The molecule has 2 heterocycles. The molecule has 0 spiro atoms. The Balaban J connectivity index is 1.79. The highest BCUT2D eigenvalue weighted by Crippen LogP contribution is 2.24. The molecule has 0 aromatic rings. The molecule has 2 saturated heterocycles. The van der Waals surface area contributed by atoms with Crippen molar-refractivity contribution in [3.63, 3.8) is 0 Å². The van der Waals surface area contributed by atoms with Gasteiger partial charge in [-0.2, -0.15) is 0 Å². The zero-order valence-corrected chi connectivity index (χ0v) is 11.0. The van der Waals surface area contributed by atoms with Gasteiger partial charge in [0.2, 0.25) is 5.91 Å². The van der Waals surface area contributed by atoms with Gasteiger partial charge in [-0.15, -0.1) is 0 Å². The lowest BCUT2D eigenvalue weighted by molar-refractivity contribution is -0.151. The number of likely N-dealkylation sites (tertiary alicyclic amines) is 1. The molecule has 5 nitrogen and oxygen atoms in total. The summed E-state index contributed by atoms with van der Waals surface area (Å²) in [7, 11) is 0. The van der Waals surface area contributed by atoms with Crippen LogP contribution >= 0.6 is 0 Å². The minimum absolute atomic E-state index is 0.106. The summed E-state index contributed by atoms with van der Waals surface area (Å²) in [5.74, 6) is 0.106. The monoisotopic (exact) mass is 256 g/mol. The average Bonchev–Trinajstić information content (AvgIpc) is 2.47. The first-order valence-electron chi connectivity index (χ1n) is 6.95. The van der Waals surface area contributed by atoms with E-state index in [1.165, 1.54) is 6.42 Å². The van der Waals surface area contributed by atoms with E-state index in [0.717, 1.165) is 38.8 Å². The van der Waals surface area contributed by atoms with Gasteiger partial charge in [-0.3, -0.25) is 4.79 Å². The number of ether oxygens (including phenoxy) is 2. The van der Waals surface area contributed by atoms with Gasteiger partial charge < -0.3 is 20.1 Å². The van der Waals surface area contributed by atoms with Crippen molar-refractivity contribution in [1.29, 1.82) is 0 Å². The van der Waals surface area contributed by atoms with Crippen molar-refractivity contribution in [2.24, 2.45) is 5.73 Å². The molecule has 18 heavy (non-hydrogen) atoms. The maximum atomic E-state index is 12.0. The number of nitrogens with two attached hydrogens (primary N) is 1. The average molecular weight is 256 g/mol. The van der Waals surface area contributed by atoms with E-state index in [-0.39, 0.29) is 18.1 Å². The third-order valence-corrected chi connectivity index (χ3v) is 3.99. The fourth-order valence-electron chi connectivity index (χ4n) is 2.60. The Morgan fingerprint density at radius 3 is 2.50 bits per heavy atom. The molecule has 0 radical (unpaired) electrons. The third-order valence-electron chi connectivity index (χ3n) is 3.99. The molecule has 0 saturated carbocycles. The first kappa shape index (κ1) is 13.8. The van der Waals surface area contributed by atoms with Crippen LogP contribution in [0.1, 0.15) is 32.1 Å². The molecular formula is C13H24N2O3. The smallest absolute Gasteiger partial charge is 0.248 e. The maximum Gasteiger partial charge on any atom is 0.248 e. The Bertz CT molecular complexity index is 271. The van der Waals surface area contributed by atoms with E-state index in [9.17, 15) is 4.79 Å². The van der Waals surface area contributed by atoms with Crippen molar-refractivity contribution in [2.75, 3.05) is 39.5 Å². The van der Waals surface area contributed by atoms with Gasteiger partial charge in [-0.05, 0) is 19.3 Å². The van der Waals surface area contributed by atoms with Crippen molar-refractivity contribution in [1.82, 2.24) is 4.90 Å². The van der Waals surface area contributed by atoms with Gasteiger partial charge in [0.25, 0.3) is 0 Å². The number of hydrogen-bond acceptors (Lipinski definition) is 4. The van der Waals surface area contributed by atoms with Gasteiger partial charge >= 0.3 is 0 Å². The molecule has 2 fully saturated rings. The molecule has 0 atom stereocenters. The molecule has 2 aliphatic rings. The van der Waals surface area contributed by atoms with Gasteiger partial charge in [-0.1, -0.05) is 0 Å². The van der Waals surface area contributed by atoms with E-state index < -0.39 is 0 Å². The first-order valence-corrected chi connectivity index (χ1v) is 6.95. The first-order chi connectivity index (χ1) is 8.76. The van der Waals surface area contributed by atoms with Crippen LogP contribution in [0.3, 0.4) is 0 Å². The van der Waals surface area contributed by atoms with Crippen molar-refractivity contribution < 1.29 is 14.3 Å². The molecule has 2 aliphatic heterocycles. The van der Waals surface area contributed by atoms with Gasteiger partial charge in [0.05, 0.1) is 5.60 Å². The van der Waals surface area contributed by atoms with E-state index in [0.29, 0.717) is 19.8 Å². The normalized spacial score (nSPS) is 23.9. The van der Waals surface area contributed by atoms with Crippen LogP contribution in [0.5, 0.6) is 0 Å². The molecule has 104 valence electrons. The molecular weight excluding hydrogens is 232 g/mol.